The van der Waals surface area contributed by atoms with Gasteiger partial charge in [0.2, 0.25) is 0 Å². The van der Waals surface area contributed by atoms with Crippen molar-refractivity contribution in [1.82, 2.24) is 10.2 Å². The first kappa shape index (κ1) is 12.4. The molecule has 1 saturated heterocycles. The molecule has 2 rings (SSSR count). The summed E-state index contributed by atoms with van der Waals surface area (Å²) in [6.07, 6.45) is 8.50. The highest BCUT2D eigenvalue weighted by molar-refractivity contribution is 4.85. The van der Waals surface area contributed by atoms with E-state index in [-0.39, 0.29) is 0 Å². The average molecular weight is 224 g/mol. The van der Waals surface area contributed by atoms with Gasteiger partial charge in [-0.1, -0.05) is 26.7 Å². The van der Waals surface area contributed by atoms with Crippen LogP contribution in [0.5, 0.6) is 0 Å². The predicted molar refractivity (Wildman–Crippen MR) is 69.7 cm³/mol. The van der Waals surface area contributed by atoms with Gasteiger partial charge in [0.25, 0.3) is 0 Å². The molecule has 0 amide bonds. The first-order valence-corrected chi connectivity index (χ1v) is 7.30. The third kappa shape index (κ3) is 3.46. The van der Waals surface area contributed by atoms with Crippen LogP contribution in [0.25, 0.3) is 0 Å². The van der Waals surface area contributed by atoms with Crippen molar-refractivity contribution in [3.8, 4) is 0 Å². The van der Waals surface area contributed by atoms with Gasteiger partial charge in [0, 0.05) is 25.2 Å². The van der Waals surface area contributed by atoms with Crippen LogP contribution in [0.3, 0.4) is 0 Å². The van der Waals surface area contributed by atoms with Crippen molar-refractivity contribution in [2.75, 3.05) is 19.6 Å². The van der Waals surface area contributed by atoms with Crippen molar-refractivity contribution in [1.29, 1.82) is 0 Å². The van der Waals surface area contributed by atoms with Gasteiger partial charge >= 0.3 is 0 Å². The van der Waals surface area contributed by atoms with E-state index >= 15 is 0 Å². The maximum Gasteiger partial charge on any atom is 0.0218 e. The van der Waals surface area contributed by atoms with Gasteiger partial charge in [0.1, 0.15) is 0 Å². The normalized spacial score (nSPS) is 31.9. The van der Waals surface area contributed by atoms with Gasteiger partial charge in [-0.3, -0.25) is 4.90 Å². The van der Waals surface area contributed by atoms with Crippen molar-refractivity contribution < 1.29 is 0 Å². The molecule has 2 heteroatoms. The fourth-order valence-corrected chi connectivity index (χ4v) is 2.87. The average Bonchev–Trinajstić information content (AvgIpc) is 3.13. The van der Waals surface area contributed by atoms with Crippen molar-refractivity contribution in [3.63, 3.8) is 0 Å². The van der Waals surface area contributed by atoms with E-state index in [1.54, 1.807) is 0 Å². The van der Waals surface area contributed by atoms with Gasteiger partial charge in [-0.25, -0.2) is 0 Å². The minimum atomic E-state index is 0.740. The summed E-state index contributed by atoms with van der Waals surface area (Å²) in [6, 6.07) is 1.53. The standard InChI is InChI=1S/C14H28N2/c1-3-13-11-16(14(4-2)10-15-13)9-5-6-12-7-8-12/h12-15H,3-11H2,1-2H3. The lowest BCUT2D eigenvalue weighted by molar-refractivity contribution is 0.122. The van der Waals surface area contributed by atoms with Crippen LogP contribution in [0.15, 0.2) is 0 Å². The van der Waals surface area contributed by atoms with E-state index in [1.807, 2.05) is 0 Å². The Hall–Kier alpha value is -0.0800. The van der Waals surface area contributed by atoms with Crippen molar-refractivity contribution in [2.24, 2.45) is 5.92 Å². The molecule has 1 N–H and O–H groups in total. The molecule has 0 spiro atoms. The maximum absolute atomic E-state index is 3.67. The van der Waals surface area contributed by atoms with Gasteiger partial charge in [-0.05, 0) is 38.1 Å². The summed E-state index contributed by atoms with van der Waals surface area (Å²) >= 11 is 0. The molecule has 0 aromatic rings. The van der Waals surface area contributed by atoms with Crippen LogP contribution in [0.1, 0.15) is 52.4 Å². The molecule has 0 radical (unpaired) electrons. The topological polar surface area (TPSA) is 15.3 Å². The van der Waals surface area contributed by atoms with Gasteiger partial charge in [0.15, 0.2) is 0 Å². The minimum absolute atomic E-state index is 0.740. The second-order valence-electron chi connectivity index (χ2n) is 5.66. The lowest BCUT2D eigenvalue weighted by Gasteiger charge is -2.40. The third-order valence-corrected chi connectivity index (χ3v) is 4.33. The Morgan fingerprint density at radius 1 is 1.19 bits per heavy atom. The minimum Gasteiger partial charge on any atom is -0.311 e. The zero-order valence-electron chi connectivity index (χ0n) is 11.0. The zero-order valence-corrected chi connectivity index (χ0v) is 11.0. The van der Waals surface area contributed by atoms with Crippen LogP contribution >= 0.6 is 0 Å². The summed E-state index contributed by atoms with van der Waals surface area (Å²) in [4.78, 5) is 2.74. The molecule has 2 fully saturated rings. The summed E-state index contributed by atoms with van der Waals surface area (Å²) in [5.41, 5.74) is 0. The molecule has 2 unspecified atom stereocenters. The number of rotatable bonds is 6. The Bertz CT molecular complexity index is 201. The molecule has 1 heterocycles. The fourth-order valence-electron chi connectivity index (χ4n) is 2.87. The van der Waals surface area contributed by atoms with E-state index in [1.165, 1.54) is 58.2 Å². The summed E-state index contributed by atoms with van der Waals surface area (Å²) in [7, 11) is 0. The third-order valence-electron chi connectivity index (χ3n) is 4.33. The quantitative estimate of drug-likeness (QED) is 0.746. The summed E-state index contributed by atoms with van der Waals surface area (Å²) in [5, 5.41) is 3.67. The number of piperazine rings is 1. The molecule has 0 aromatic carbocycles. The van der Waals surface area contributed by atoms with E-state index in [0.717, 1.165) is 18.0 Å². The van der Waals surface area contributed by atoms with Crippen LogP contribution < -0.4 is 5.32 Å². The van der Waals surface area contributed by atoms with E-state index < -0.39 is 0 Å². The highest BCUT2D eigenvalue weighted by Crippen LogP contribution is 2.33. The van der Waals surface area contributed by atoms with Crippen molar-refractivity contribution in [3.05, 3.63) is 0 Å². The molecule has 1 saturated carbocycles. The Labute approximate surface area is 101 Å². The SMILES string of the molecule is CCC1CN(CCCC2CC2)C(CC)CN1. The van der Waals surface area contributed by atoms with Gasteiger partial charge in [0.05, 0.1) is 0 Å². The maximum atomic E-state index is 3.67. The summed E-state index contributed by atoms with van der Waals surface area (Å²) in [5.74, 6) is 1.10. The lowest BCUT2D eigenvalue weighted by atomic mass is 10.0. The van der Waals surface area contributed by atoms with Gasteiger partial charge < -0.3 is 5.32 Å². The van der Waals surface area contributed by atoms with Crippen LogP contribution in [0.4, 0.5) is 0 Å². The molecule has 94 valence electrons. The van der Waals surface area contributed by atoms with Crippen LogP contribution in [-0.4, -0.2) is 36.6 Å². The molecule has 16 heavy (non-hydrogen) atoms. The van der Waals surface area contributed by atoms with E-state index in [4.69, 9.17) is 0 Å². The van der Waals surface area contributed by atoms with Gasteiger partial charge in [-0.2, -0.15) is 0 Å². The Morgan fingerprint density at radius 2 is 2.00 bits per heavy atom. The molecular weight excluding hydrogens is 196 g/mol. The Morgan fingerprint density at radius 3 is 2.62 bits per heavy atom. The predicted octanol–water partition coefficient (Wildman–Crippen LogP) is 2.64. The van der Waals surface area contributed by atoms with Crippen LogP contribution in [0.2, 0.25) is 0 Å². The summed E-state index contributed by atoms with van der Waals surface area (Å²) < 4.78 is 0. The summed E-state index contributed by atoms with van der Waals surface area (Å²) in [6.45, 7) is 8.45. The number of nitrogens with zero attached hydrogens (tertiary/aromatic N) is 1. The smallest absolute Gasteiger partial charge is 0.0218 e. The van der Waals surface area contributed by atoms with Gasteiger partial charge in [-0.15, -0.1) is 0 Å². The molecule has 2 atom stereocenters. The van der Waals surface area contributed by atoms with Crippen molar-refractivity contribution in [2.45, 2.75) is 64.5 Å². The Balaban J connectivity index is 1.72. The number of hydrogen-bond donors (Lipinski definition) is 1. The molecule has 2 nitrogen and oxygen atoms in total. The fraction of sp³-hybridized carbons (Fsp3) is 1.00. The molecule has 2 aliphatic rings. The number of nitrogens with one attached hydrogen (secondary N) is 1. The highest BCUT2D eigenvalue weighted by atomic mass is 15.2. The van der Waals surface area contributed by atoms with E-state index in [9.17, 15) is 0 Å². The van der Waals surface area contributed by atoms with Crippen LogP contribution in [-0.2, 0) is 0 Å². The molecule has 1 aliphatic heterocycles. The molecular formula is C14H28N2. The van der Waals surface area contributed by atoms with Crippen LogP contribution in [0, 0.1) is 5.92 Å². The van der Waals surface area contributed by atoms with E-state index in [0.29, 0.717) is 0 Å². The largest absolute Gasteiger partial charge is 0.311 e. The number of hydrogen-bond acceptors (Lipinski definition) is 2. The molecule has 0 aromatic heterocycles. The lowest BCUT2D eigenvalue weighted by Crippen LogP contribution is -2.56. The van der Waals surface area contributed by atoms with Crippen molar-refractivity contribution >= 4 is 0 Å². The Kier molecular flexibility index (Phi) is 4.66. The second-order valence-corrected chi connectivity index (χ2v) is 5.66. The molecule has 1 aliphatic carbocycles. The van der Waals surface area contributed by atoms with E-state index in [2.05, 4.69) is 24.1 Å². The monoisotopic (exact) mass is 224 g/mol. The first-order valence-electron chi connectivity index (χ1n) is 7.30. The highest BCUT2D eigenvalue weighted by Gasteiger charge is 2.26. The second kappa shape index (κ2) is 6.02. The zero-order chi connectivity index (χ0) is 11.4. The molecule has 0 bridgehead atoms. The first-order chi connectivity index (χ1) is 7.83.